The highest BCUT2D eigenvalue weighted by molar-refractivity contribution is 7.92. The van der Waals surface area contributed by atoms with Crippen molar-refractivity contribution in [3.63, 3.8) is 0 Å². The largest absolute Gasteiger partial charge is 0.337 e. The van der Waals surface area contributed by atoms with Gasteiger partial charge in [0.15, 0.2) is 15.1 Å². The van der Waals surface area contributed by atoms with Crippen LogP contribution in [0.1, 0.15) is 30.6 Å². The van der Waals surface area contributed by atoms with E-state index in [9.17, 15) is 26.4 Å². The number of thiophene rings is 1. The molecule has 12 nitrogen and oxygen atoms in total. The van der Waals surface area contributed by atoms with Gasteiger partial charge in [0.25, 0.3) is 10.0 Å². The van der Waals surface area contributed by atoms with E-state index in [4.69, 9.17) is 23.2 Å². The number of sulfonamides is 2. The van der Waals surface area contributed by atoms with Crippen LogP contribution in [0.15, 0.2) is 34.1 Å². The van der Waals surface area contributed by atoms with E-state index in [0.29, 0.717) is 52.9 Å². The molecule has 0 unspecified atom stereocenters. The van der Waals surface area contributed by atoms with E-state index in [1.807, 2.05) is 0 Å². The molecule has 5 rings (SSSR count). The summed E-state index contributed by atoms with van der Waals surface area (Å²) in [5.74, 6) is -0.812. The Kier molecular flexibility index (Phi) is 9.11. The van der Waals surface area contributed by atoms with E-state index in [0.717, 1.165) is 5.41 Å². The van der Waals surface area contributed by atoms with Gasteiger partial charge in [-0.1, -0.05) is 23.2 Å². The quantitative estimate of drug-likeness (QED) is 0.334. The van der Waals surface area contributed by atoms with E-state index in [1.54, 1.807) is 28.6 Å². The van der Waals surface area contributed by atoms with Gasteiger partial charge in [0.2, 0.25) is 21.8 Å². The number of hydrogen-bond donors (Lipinski definition) is 2. The van der Waals surface area contributed by atoms with E-state index in [2.05, 4.69) is 14.4 Å². The molecule has 41 heavy (non-hydrogen) atoms. The number of likely N-dealkylation sites (tertiary alicyclic amines) is 2. The number of halogens is 2. The van der Waals surface area contributed by atoms with Crippen LogP contribution in [-0.4, -0.2) is 86.1 Å². The molecule has 2 amide bonds. The van der Waals surface area contributed by atoms with Crippen LogP contribution in [0.4, 0.5) is 0 Å². The Bertz CT molecular complexity index is 1700. The van der Waals surface area contributed by atoms with Crippen molar-refractivity contribution >= 4 is 88.8 Å². The summed E-state index contributed by atoms with van der Waals surface area (Å²) in [6.07, 6.45) is 5.06. The second-order valence-corrected chi connectivity index (χ2v) is 15.8. The van der Waals surface area contributed by atoms with E-state index in [-0.39, 0.29) is 29.2 Å². The minimum absolute atomic E-state index is 0.0278. The molecule has 0 bridgehead atoms. The van der Waals surface area contributed by atoms with Gasteiger partial charge in [0.1, 0.15) is 6.04 Å². The van der Waals surface area contributed by atoms with Crippen molar-refractivity contribution in [1.82, 2.24) is 28.6 Å². The first-order valence-electron chi connectivity index (χ1n) is 12.6. The van der Waals surface area contributed by atoms with Crippen LogP contribution in [0, 0.1) is 0 Å². The van der Waals surface area contributed by atoms with Crippen molar-refractivity contribution in [2.75, 3.05) is 26.2 Å². The van der Waals surface area contributed by atoms with Crippen molar-refractivity contribution in [1.29, 1.82) is 0 Å². The van der Waals surface area contributed by atoms with Crippen LogP contribution in [0.3, 0.4) is 0 Å². The molecule has 2 fully saturated rings. The number of imidazole rings is 1. The third kappa shape index (κ3) is 6.96. The number of aromatic nitrogens is 2. The van der Waals surface area contributed by atoms with Gasteiger partial charge in [-0.3, -0.25) is 14.0 Å². The normalized spacial score (nSPS) is 20.6. The summed E-state index contributed by atoms with van der Waals surface area (Å²) < 4.78 is 58.1. The average molecular weight is 682 g/mol. The molecule has 2 N–H and O–H groups in total. The third-order valence-corrected chi connectivity index (χ3v) is 11.7. The average Bonchev–Trinajstić information content (AvgIpc) is 3.69. The zero-order valence-electron chi connectivity index (χ0n) is 21.4. The molecule has 18 heteroatoms. The number of nitrogens with zero attached hydrogens (tertiary/aromatic N) is 4. The molecule has 0 saturated carbocycles. The van der Waals surface area contributed by atoms with Gasteiger partial charge in [-0.15, -0.1) is 22.7 Å². The van der Waals surface area contributed by atoms with Gasteiger partial charge < -0.3 is 9.80 Å². The van der Waals surface area contributed by atoms with Crippen molar-refractivity contribution in [3.05, 3.63) is 43.5 Å². The maximum absolute atomic E-state index is 13.2. The zero-order valence-corrected chi connectivity index (χ0v) is 26.2. The molecule has 3 aromatic rings. The van der Waals surface area contributed by atoms with E-state index < -0.39 is 38.0 Å². The fourth-order valence-corrected chi connectivity index (χ4v) is 9.49. The fraction of sp³-hybridized carbons (Fsp3) is 0.435. The van der Waals surface area contributed by atoms with Crippen molar-refractivity contribution in [2.24, 2.45) is 0 Å². The van der Waals surface area contributed by atoms with Crippen LogP contribution in [0.5, 0.6) is 0 Å². The first-order valence-corrected chi connectivity index (χ1v) is 18.1. The van der Waals surface area contributed by atoms with Crippen molar-refractivity contribution in [3.8, 4) is 0 Å². The maximum Gasteiger partial charge on any atom is 0.259 e. The number of carbonyl (C=O) groups excluding carboxylic acids is 2. The van der Waals surface area contributed by atoms with Crippen molar-refractivity contribution in [2.45, 2.75) is 42.8 Å². The molecule has 0 aliphatic carbocycles. The second kappa shape index (κ2) is 12.3. The summed E-state index contributed by atoms with van der Waals surface area (Å²) in [6.45, 7) is 0.477. The lowest BCUT2D eigenvalue weighted by atomic mass is 10.1. The van der Waals surface area contributed by atoms with E-state index in [1.165, 1.54) is 38.1 Å². The number of thiazole rings is 1. The Morgan fingerprint density at radius 3 is 2.68 bits per heavy atom. The number of rotatable bonds is 10. The number of piperidine rings is 1. The standard InChI is InChI=1S/C23H26Cl2N6O6S4/c24-18-6-5-16(39-18)7-12-40(34,35)28-17-4-2-8-29(21(17)33)14-19(32)30-9-1-3-15(30)13-26-41(36,37)22-20(25)27-23-31(22)10-11-38-23/h5-7,10-12,15,17,26,28H,1-4,8-9,13-14H2/t15-,17+/m1/s1. The predicted octanol–water partition coefficient (Wildman–Crippen LogP) is 2.61. The molecule has 3 aromatic heterocycles. The molecule has 2 atom stereocenters. The highest BCUT2D eigenvalue weighted by Crippen LogP contribution is 2.26. The second-order valence-electron chi connectivity index (χ2n) is 9.56. The lowest BCUT2D eigenvalue weighted by molar-refractivity contribution is -0.143. The van der Waals surface area contributed by atoms with E-state index >= 15 is 0 Å². The third-order valence-electron chi connectivity index (χ3n) is 6.81. The Balaban J connectivity index is 1.18. The molecule has 2 aliphatic rings. The highest BCUT2D eigenvalue weighted by Gasteiger charge is 2.36. The molecule has 0 aromatic carbocycles. The van der Waals surface area contributed by atoms with Gasteiger partial charge in [-0.2, -0.15) is 4.72 Å². The van der Waals surface area contributed by atoms with Crippen molar-refractivity contribution < 1.29 is 26.4 Å². The smallest absolute Gasteiger partial charge is 0.259 e. The summed E-state index contributed by atoms with van der Waals surface area (Å²) in [6, 6.07) is 1.94. The highest BCUT2D eigenvalue weighted by atomic mass is 35.5. The Labute approximate surface area is 255 Å². The molecule has 0 spiro atoms. The molecule has 0 radical (unpaired) electrons. The topological polar surface area (TPSA) is 150 Å². The first kappa shape index (κ1) is 30.4. The zero-order chi connectivity index (χ0) is 29.4. The number of hydrogen-bond acceptors (Lipinski definition) is 9. The summed E-state index contributed by atoms with van der Waals surface area (Å²) >= 11 is 14.4. The molecular formula is C23H26Cl2N6O6S4. The van der Waals surface area contributed by atoms with Crippen LogP contribution in [-0.2, 0) is 29.6 Å². The summed E-state index contributed by atoms with van der Waals surface area (Å²) in [5.41, 5.74) is 0. The summed E-state index contributed by atoms with van der Waals surface area (Å²) in [7, 11) is -7.94. The number of amides is 2. The van der Waals surface area contributed by atoms with Gasteiger partial charge in [-0.25, -0.2) is 26.5 Å². The predicted molar refractivity (Wildman–Crippen MR) is 158 cm³/mol. The Hall–Kier alpha value is -2.05. The summed E-state index contributed by atoms with van der Waals surface area (Å²) in [5, 5.41) is 2.39. The number of nitrogens with one attached hydrogen (secondary N) is 2. The van der Waals surface area contributed by atoms with Gasteiger partial charge in [-0.05, 0) is 43.9 Å². The van der Waals surface area contributed by atoms with Gasteiger partial charge in [0, 0.05) is 47.5 Å². The first-order chi connectivity index (χ1) is 19.4. The lowest BCUT2D eigenvalue weighted by Gasteiger charge is -2.34. The van der Waals surface area contributed by atoms with Crippen LogP contribution in [0.2, 0.25) is 9.49 Å². The Morgan fingerprint density at radius 1 is 1.15 bits per heavy atom. The van der Waals surface area contributed by atoms with Gasteiger partial charge >= 0.3 is 0 Å². The monoisotopic (exact) mass is 680 g/mol. The number of carbonyl (C=O) groups is 2. The fourth-order valence-electron chi connectivity index (χ4n) is 4.90. The number of fused-ring (bicyclic) bond motifs is 1. The molecule has 222 valence electrons. The summed E-state index contributed by atoms with van der Waals surface area (Å²) in [4.78, 5) is 34.4. The molecular weight excluding hydrogens is 655 g/mol. The maximum atomic E-state index is 13.2. The van der Waals surface area contributed by atoms with Crippen LogP contribution >= 0.6 is 45.9 Å². The SMILES string of the molecule is O=C1[C@@H](NS(=O)(=O)C=Cc2ccc(Cl)s2)CCCN1CC(=O)N1CCC[C@@H]1CNS(=O)(=O)c1c(Cl)nc2sccn12. The Morgan fingerprint density at radius 2 is 1.93 bits per heavy atom. The molecule has 2 aliphatic heterocycles. The van der Waals surface area contributed by atoms with Crippen LogP contribution in [0.25, 0.3) is 11.0 Å². The molecule has 5 heterocycles. The molecule has 2 saturated heterocycles. The lowest BCUT2D eigenvalue weighted by Crippen LogP contribution is -2.55. The minimum atomic E-state index is -4.02. The minimum Gasteiger partial charge on any atom is -0.337 e. The van der Waals surface area contributed by atoms with Crippen LogP contribution < -0.4 is 9.44 Å². The van der Waals surface area contributed by atoms with Gasteiger partial charge in [0.05, 0.1) is 10.9 Å².